The molecule has 7 nitrogen and oxygen atoms in total. The van der Waals surface area contributed by atoms with Gasteiger partial charge in [0.25, 0.3) is 0 Å². The Morgan fingerprint density at radius 1 is 0.966 bits per heavy atom. The molecule has 29 heavy (non-hydrogen) atoms. The van der Waals surface area contributed by atoms with E-state index in [1.54, 1.807) is 53.7 Å². The quantitative estimate of drug-likeness (QED) is 0.514. The molecule has 0 aliphatic carbocycles. The summed E-state index contributed by atoms with van der Waals surface area (Å²) < 4.78 is 15.9. The van der Waals surface area contributed by atoms with Crippen LogP contribution >= 0.6 is 0 Å². The van der Waals surface area contributed by atoms with Crippen molar-refractivity contribution in [3.05, 3.63) is 29.3 Å². The molecule has 0 saturated carbocycles. The lowest BCUT2D eigenvalue weighted by molar-refractivity contribution is -0.155. The summed E-state index contributed by atoms with van der Waals surface area (Å²) in [5, 5.41) is 0. The van der Waals surface area contributed by atoms with Crippen LogP contribution in [0, 0.1) is 6.92 Å². The Bertz CT molecular complexity index is 743. The number of benzene rings is 1. The summed E-state index contributed by atoms with van der Waals surface area (Å²) in [5.74, 6) is -0.306. The number of hydrogen-bond donors (Lipinski definition) is 0. The molecular weight excluding hydrogens is 374 g/mol. The number of amides is 1. The molecular formula is C22H33NO6. The van der Waals surface area contributed by atoms with Crippen LogP contribution in [0.4, 0.5) is 4.79 Å². The number of esters is 2. The van der Waals surface area contributed by atoms with Crippen molar-refractivity contribution in [3.63, 3.8) is 0 Å². The summed E-state index contributed by atoms with van der Waals surface area (Å²) in [6.45, 7) is 14.3. The highest BCUT2D eigenvalue weighted by molar-refractivity contribution is 5.72. The van der Waals surface area contributed by atoms with Crippen LogP contribution in [0.3, 0.4) is 0 Å². The minimum Gasteiger partial charge on any atom is -0.460 e. The molecule has 1 aromatic rings. The van der Waals surface area contributed by atoms with Gasteiger partial charge in [-0.05, 0) is 65.7 Å². The number of nitrogens with zero attached hydrogens (tertiary/aromatic N) is 1. The molecule has 0 radical (unpaired) electrons. The van der Waals surface area contributed by atoms with Gasteiger partial charge in [0.2, 0.25) is 0 Å². The minimum atomic E-state index is -0.656. The Kier molecular flexibility index (Phi) is 8.24. The molecule has 0 N–H and O–H groups in total. The minimum absolute atomic E-state index is 0.0566. The van der Waals surface area contributed by atoms with Crippen molar-refractivity contribution in [2.75, 3.05) is 6.54 Å². The van der Waals surface area contributed by atoms with Gasteiger partial charge in [0.05, 0.1) is 6.42 Å². The summed E-state index contributed by atoms with van der Waals surface area (Å²) in [7, 11) is 0. The third-order valence-electron chi connectivity index (χ3n) is 3.52. The number of hydrogen-bond acceptors (Lipinski definition) is 6. The van der Waals surface area contributed by atoms with Crippen molar-refractivity contribution in [1.29, 1.82) is 0 Å². The molecule has 0 aliphatic rings. The third kappa shape index (κ3) is 9.96. The first-order valence-electron chi connectivity index (χ1n) is 9.64. The zero-order valence-electron chi connectivity index (χ0n) is 18.8. The van der Waals surface area contributed by atoms with Gasteiger partial charge >= 0.3 is 18.0 Å². The molecule has 162 valence electrons. The van der Waals surface area contributed by atoms with Crippen molar-refractivity contribution in [2.24, 2.45) is 0 Å². The van der Waals surface area contributed by atoms with Crippen molar-refractivity contribution in [2.45, 2.75) is 79.6 Å². The van der Waals surface area contributed by atoms with E-state index in [0.29, 0.717) is 5.75 Å². The summed E-state index contributed by atoms with van der Waals surface area (Å²) in [4.78, 5) is 37.3. The molecule has 1 amide bonds. The molecule has 0 aromatic heterocycles. The number of aryl methyl sites for hydroxylation is 1. The van der Waals surface area contributed by atoms with Crippen LogP contribution in [-0.4, -0.2) is 40.7 Å². The normalized spacial score (nSPS) is 11.6. The van der Waals surface area contributed by atoms with Crippen LogP contribution in [-0.2, 0) is 25.6 Å². The van der Waals surface area contributed by atoms with E-state index in [4.69, 9.17) is 14.2 Å². The lowest BCUT2D eigenvalue weighted by atomic mass is 10.1. The van der Waals surface area contributed by atoms with Gasteiger partial charge in [0, 0.05) is 20.0 Å². The Balaban J connectivity index is 2.93. The van der Waals surface area contributed by atoms with Gasteiger partial charge in [0.1, 0.15) is 17.0 Å². The lowest BCUT2D eigenvalue weighted by Crippen LogP contribution is -2.38. The maximum absolute atomic E-state index is 12.6. The molecule has 7 heteroatoms. The van der Waals surface area contributed by atoms with Crippen LogP contribution in [0.5, 0.6) is 5.75 Å². The fraction of sp³-hybridized carbons (Fsp3) is 0.591. The molecule has 0 unspecified atom stereocenters. The van der Waals surface area contributed by atoms with Crippen LogP contribution < -0.4 is 4.74 Å². The molecule has 0 bridgehead atoms. The van der Waals surface area contributed by atoms with E-state index in [1.165, 1.54) is 11.8 Å². The fourth-order valence-electron chi connectivity index (χ4n) is 2.48. The van der Waals surface area contributed by atoms with E-state index in [0.717, 1.165) is 11.1 Å². The lowest BCUT2D eigenvalue weighted by Gasteiger charge is -2.28. The highest BCUT2D eigenvalue weighted by Crippen LogP contribution is 2.21. The molecule has 0 aliphatic heterocycles. The Hall–Kier alpha value is -2.57. The molecule has 0 fully saturated rings. The third-order valence-corrected chi connectivity index (χ3v) is 3.52. The molecule has 1 aromatic carbocycles. The molecule has 0 spiro atoms. The summed E-state index contributed by atoms with van der Waals surface area (Å²) in [5.41, 5.74) is 0.357. The number of ether oxygens (including phenoxy) is 3. The average molecular weight is 408 g/mol. The number of carbonyl (C=O) groups excluding carboxylic acids is 3. The summed E-state index contributed by atoms with van der Waals surface area (Å²) >= 11 is 0. The Morgan fingerprint density at radius 2 is 1.55 bits per heavy atom. The SMILES string of the molecule is CC(=O)Oc1ccc(CN(CCC(=O)OC(C)(C)C)C(=O)OC(C)(C)C)cc1C. The van der Waals surface area contributed by atoms with Crippen LogP contribution in [0.2, 0.25) is 0 Å². The summed E-state index contributed by atoms with van der Waals surface area (Å²) in [6, 6.07) is 5.30. The van der Waals surface area contributed by atoms with Crippen LogP contribution in [0.25, 0.3) is 0 Å². The van der Waals surface area contributed by atoms with Gasteiger partial charge < -0.3 is 19.1 Å². The van der Waals surface area contributed by atoms with Crippen LogP contribution in [0.15, 0.2) is 18.2 Å². The maximum atomic E-state index is 12.6. The standard InChI is InChI=1S/C22H33NO6/c1-15-13-17(9-10-18(15)27-16(2)24)14-23(20(26)29-22(6,7)8)12-11-19(25)28-21(3,4)5/h9-10,13H,11-12,14H2,1-8H3. The zero-order valence-corrected chi connectivity index (χ0v) is 18.8. The highest BCUT2D eigenvalue weighted by Gasteiger charge is 2.24. The van der Waals surface area contributed by atoms with Gasteiger partial charge in [-0.3, -0.25) is 9.59 Å². The van der Waals surface area contributed by atoms with Gasteiger partial charge in [-0.25, -0.2) is 4.79 Å². The molecule has 0 heterocycles. The Morgan fingerprint density at radius 3 is 2.03 bits per heavy atom. The summed E-state index contributed by atoms with van der Waals surface area (Å²) in [6.07, 6.45) is -0.455. The smallest absolute Gasteiger partial charge is 0.410 e. The second kappa shape index (κ2) is 9.76. The first-order valence-corrected chi connectivity index (χ1v) is 9.64. The van der Waals surface area contributed by atoms with Gasteiger partial charge in [-0.15, -0.1) is 0 Å². The average Bonchev–Trinajstić information content (AvgIpc) is 2.50. The predicted octanol–water partition coefficient (Wildman–Crippen LogP) is 4.39. The topological polar surface area (TPSA) is 82.1 Å². The number of rotatable bonds is 6. The highest BCUT2D eigenvalue weighted by atomic mass is 16.6. The maximum Gasteiger partial charge on any atom is 0.410 e. The monoisotopic (exact) mass is 407 g/mol. The van der Waals surface area contributed by atoms with Gasteiger partial charge in [0.15, 0.2) is 0 Å². The van der Waals surface area contributed by atoms with Crippen molar-refractivity contribution >= 4 is 18.0 Å². The molecule has 0 atom stereocenters. The van der Waals surface area contributed by atoms with E-state index < -0.39 is 23.3 Å². The van der Waals surface area contributed by atoms with Crippen molar-refractivity contribution in [1.82, 2.24) is 4.90 Å². The largest absolute Gasteiger partial charge is 0.460 e. The van der Waals surface area contributed by atoms with Crippen LogP contribution in [0.1, 0.15) is 66.0 Å². The fourth-order valence-corrected chi connectivity index (χ4v) is 2.48. The molecule has 0 saturated heterocycles. The van der Waals surface area contributed by atoms with E-state index in [2.05, 4.69) is 0 Å². The first kappa shape index (κ1) is 24.5. The second-order valence-electron chi connectivity index (χ2n) is 8.93. The van der Waals surface area contributed by atoms with Gasteiger partial charge in [-0.1, -0.05) is 12.1 Å². The van der Waals surface area contributed by atoms with E-state index in [1.807, 2.05) is 13.0 Å². The van der Waals surface area contributed by atoms with Crippen molar-refractivity contribution < 1.29 is 28.6 Å². The van der Waals surface area contributed by atoms with E-state index in [-0.39, 0.29) is 25.5 Å². The van der Waals surface area contributed by atoms with Crippen molar-refractivity contribution in [3.8, 4) is 5.75 Å². The zero-order chi connectivity index (χ0) is 22.4. The van der Waals surface area contributed by atoms with E-state index >= 15 is 0 Å². The Labute approximate surface area is 173 Å². The van der Waals surface area contributed by atoms with E-state index in [9.17, 15) is 14.4 Å². The first-order chi connectivity index (χ1) is 13.2. The second-order valence-corrected chi connectivity index (χ2v) is 8.93. The molecule has 1 rings (SSSR count). The predicted molar refractivity (Wildman–Crippen MR) is 110 cm³/mol. The number of carbonyl (C=O) groups is 3. The van der Waals surface area contributed by atoms with Gasteiger partial charge in [-0.2, -0.15) is 0 Å².